The third-order valence-electron chi connectivity index (χ3n) is 1.78. The molecule has 0 radical (unpaired) electrons. The first-order valence-corrected chi connectivity index (χ1v) is 5.69. The summed E-state index contributed by atoms with van der Waals surface area (Å²) >= 11 is 10.3. The van der Waals surface area contributed by atoms with Crippen LogP contribution in [0.5, 0.6) is 0 Å². The minimum Gasteiger partial charge on any atom is -0.477 e. The van der Waals surface area contributed by atoms with Crippen molar-refractivity contribution in [3.05, 3.63) is 32.6 Å². The molecule has 72 valence electrons. The molecule has 14 heavy (non-hydrogen) atoms. The fourth-order valence-electron chi connectivity index (χ4n) is 1.18. The van der Waals surface area contributed by atoms with Crippen molar-refractivity contribution in [3.8, 4) is 0 Å². The molecule has 0 atom stereocenters. The van der Waals surface area contributed by atoms with Gasteiger partial charge >= 0.3 is 5.97 Å². The molecule has 0 unspecified atom stereocenters. The van der Waals surface area contributed by atoms with Crippen molar-refractivity contribution in [2.75, 3.05) is 0 Å². The Labute approximate surface area is 97.2 Å². The second-order valence-corrected chi connectivity index (χ2v) is 4.97. The molecular formula is C9H4BrClO2S. The first-order chi connectivity index (χ1) is 6.59. The lowest BCUT2D eigenvalue weighted by Gasteiger charge is -1.91. The zero-order valence-electron chi connectivity index (χ0n) is 6.75. The van der Waals surface area contributed by atoms with Gasteiger partial charge in [-0.1, -0.05) is 11.6 Å². The van der Waals surface area contributed by atoms with Gasteiger partial charge in [-0.15, -0.1) is 11.3 Å². The molecule has 1 N–H and O–H groups in total. The third kappa shape index (κ3) is 1.54. The van der Waals surface area contributed by atoms with Crippen molar-refractivity contribution in [2.24, 2.45) is 0 Å². The normalized spacial score (nSPS) is 10.7. The monoisotopic (exact) mass is 290 g/mol. The smallest absolute Gasteiger partial charge is 0.347 e. The topological polar surface area (TPSA) is 37.3 Å². The van der Waals surface area contributed by atoms with Gasteiger partial charge in [0.25, 0.3) is 0 Å². The highest BCUT2D eigenvalue weighted by Crippen LogP contribution is 2.36. The molecule has 0 aliphatic carbocycles. The summed E-state index contributed by atoms with van der Waals surface area (Å²) in [5, 5.41) is 10.3. The van der Waals surface area contributed by atoms with Crippen molar-refractivity contribution >= 4 is 54.9 Å². The molecule has 0 aliphatic rings. The van der Waals surface area contributed by atoms with Gasteiger partial charge in [0.1, 0.15) is 4.88 Å². The fraction of sp³-hybridized carbons (Fsp3) is 0. The number of carboxylic acid groups (broad SMARTS) is 1. The second-order valence-electron chi connectivity index (χ2n) is 2.69. The number of hydrogen-bond acceptors (Lipinski definition) is 2. The molecule has 1 aromatic heterocycles. The predicted molar refractivity (Wildman–Crippen MR) is 61.5 cm³/mol. The maximum Gasteiger partial charge on any atom is 0.347 e. The van der Waals surface area contributed by atoms with Crippen LogP contribution in [0.1, 0.15) is 9.67 Å². The quantitative estimate of drug-likeness (QED) is 0.862. The molecule has 2 aromatic rings. The summed E-state index contributed by atoms with van der Waals surface area (Å²) in [5.41, 5.74) is 0. The van der Waals surface area contributed by atoms with E-state index in [-0.39, 0.29) is 0 Å². The average molecular weight is 292 g/mol. The average Bonchev–Trinajstić information content (AvgIpc) is 2.44. The van der Waals surface area contributed by atoms with Crippen LogP contribution in [-0.2, 0) is 0 Å². The summed E-state index contributed by atoms with van der Waals surface area (Å²) in [6.07, 6.45) is 0. The van der Waals surface area contributed by atoms with Crippen molar-refractivity contribution < 1.29 is 9.90 Å². The zero-order chi connectivity index (χ0) is 10.3. The molecule has 0 amide bonds. The van der Waals surface area contributed by atoms with Crippen LogP contribution in [0.25, 0.3) is 10.1 Å². The number of hydrogen-bond donors (Lipinski definition) is 1. The predicted octanol–water partition coefficient (Wildman–Crippen LogP) is 4.02. The molecule has 0 aliphatic heterocycles. The van der Waals surface area contributed by atoms with E-state index < -0.39 is 5.97 Å². The van der Waals surface area contributed by atoms with Crippen LogP contribution < -0.4 is 0 Å². The molecule has 1 aromatic carbocycles. The van der Waals surface area contributed by atoms with Crippen LogP contribution >= 0.6 is 38.9 Å². The van der Waals surface area contributed by atoms with Gasteiger partial charge in [0.15, 0.2) is 0 Å². The summed E-state index contributed by atoms with van der Waals surface area (Å²) in [4.78, 5) is 11.1. The minimum absolute atomic E-state index is 0.308. The second kappa shape index (κ2) is 3.53. The highest BCUT2D eigenvalue weighted by molar-refractivity contribution is 9.10. The van der Waals surface area contributed by atoms with E-state index >= 15 is 0 Å². The summed E-state index contributed by atoms with van der Waals surface area (Å²) in [5.74, 6) is -0.922. The molecule has 1 heterocycles. The largest absolute Gasteiger partial charge is 0.477 e. The van der Waals surface area contributed by atoms with Gasteiger partial charge in [0.05, 0.1) is 4.47 Å². The van der Waals surface area contributed by atoms with Gasteiger partial charge < -0.3 is 5.11 Å². The third-order valence-corrected chi connectivity index (χ3v) is 4.26. The van der Waals surface area contributed by atoms with E-state index in [0.29, 0.717) is 14.4 Å². The van der Waals surface area contributed by atoms with Crippen LogP contribution in [0.4, 0.5) is 0 Å². The number of thiophene rings is 1. The number of aromatic carboxylic acids is 1. The van der Waals surface area contributed by atoms with E-state index in [1.54, 1.807) is 12.1 Å². The molecule has 2 rings (SSSR count). The van der Waals surface area contributed by atoms with Crippen molar-refractivity contribution in [2.45, 2.75) is 0 Å². The molecular weight excluding hydrogens is 288 g/mol. The number of halogens is 2. The van der Waals surface area contributed by atoms with Crippen LogP contribution in [0.2, 0.25) is 5.02 Å². The van der Waals surface area contributed by atoms with Gasteiger partial charge in [-0.2, -0.15) is 0 Å². The van der Waals surface area contributed by atoms with E-state index in [9.17, 15) is 4.79 Å². The molecule has 0 fully saturated rings. The first-order valence-electron chi connectivity index (χ1n) is 3.70. The Kier molecular flexibility index (Phi) is 2.51. The molecule has 0 saturated heterocycles. The fourth-order valence-corrected chi connectivity index (χ4v) is 3.13. The lowest BCUT2D eigenvalue weighted by molar-refractivity contribution is 0.0701. The Hall–Kier alpha value is -0.580. The Morgan fingerprint density at radius 1 is 1.50 bits per heavy atom. The molecule has 5 heteroatoms. The van der Waals surface area contributed by atoms with Crippen molar-refractivity contribution in [1.29, 1.82) is 0 Å². The van der Waals surface area contributed by atoms with Gasteiger partial charge in [-0.3, -0.25) is 0 Å². The Morgan fingerprint density at radius 3 is 2.86 bits per heavy atom. The SMILES string of the molecule is O=C(O)c1sc2ccc(Cl)cc2c1Br. The van der Waals surface area contributed by atoms with E-state index in [1.165, 1.54) is 11.3 Å². The van der Waals surface area contributed by atoms with Gasteiger partial charge in [0, 0.05) is 15.1 Å². The van der Waals surface area contributed by atoms with Crippen molar-refractivity contribution in [3.63, 3.8) is 0 Å². The summed E-state index contributed by atoms with van der Waals surface area (Å²) in [6, 6.07) is 5.32. The lowest BCUT2D eigenvalue weighted by atomic mass is 10.2. The number of carboxylic acids is 1. The van der Waals surface area contributed by atoms with E-state index in [1.807, 2.05) is 6.07 Å². The zero-order valence-corrected chi connectivity index (χ0v) is 9.91. The maximum absolute atomic E-state index is 10.8. The van der Waals surface area contributed by atoms with E-state index in [2.05, 4.69) is 15.9 Å². The Bertz CT molecular complexity index is 521. The van der Waals surface area contributed by atoms with Crippen LogP contribution in [0.3, 0.4) is 0 Å². The highest BCUT2D eigenvalue weighted by atomic mass is 79.9. The van der Waals surface area contributed by atoms with Gasteiger partial charge in [-0.25, -0.2) is 4.79 Å². The minimum atomic E-state index is -0.922. The first kappa shape index (κ1) is 9.96. The summed E-state index contributed by atoms with van der Waals surface area (Å²) in [7, 11) is 0. The van der Waals surface area contributed by atoms with Crippen LogP contribution in [0.15, 0.2) is 22.7 Å². The Morgan fingerprint density at radius 2 is 2.21 bits per heavy atom. The Balaban J connectivity index is 2.80. The van der Waals surface area contributed by atoms with E-state index in [0.717, 1.165) is 10.1 Å². The van der Waals surface area contributed by atoms with Crippen LogP contribution in [0, 0.1) is 0 Å². The molecule has 0 bridgehead atoms. The van der Waals surface area contributed by atoms with E-state index in [4.69, 9.17) is 16.7 Å². The number of benzene rings is 1. The lowest BCUT2D eigenvalue weighted by Crippen LogP contribution is -1.91. The van der Waals surface area contributed by atoms with Gasteiger partial charge in [0.2, 0.25) is 0 Å². The van der Waals surface area contributed by atoms with Crippen LogP contribution in [-0.4, -0.2) is 11.1 Å². The highest BCUT2D eigenvalue weighted by Gasteiger charge is 2.15. The summed E-state index contributed by atoms with van der Waals surface area (Å²) < 4.78 is 1.52. The van der Waals surface area contributed by atoms with Gasteiger partial charge in [-0.05, 0) is 34.1 Å². The maximum atomic E-state index is 10.8. The summed E-state index contributed by atoms with van der Waals surface area (Å²) in [6.45, 7) is 0. The molecule has 0 saturated carbocycles. The number of carbonyl (C=O) groups is 1. The standard InChI is InChI=1S/C9H4BrClO2S/c10-7-5-3-4(11)1-2-6(5)14-8(7)9(12)13/h1-3H,(H,12,13). The van der Waals surface area contributed by atoms with Crippen molar-refractivity contribution in [1.82, 2.24) is 0 Å². The molecule has 0 spiro atoms. The number of rotatable bonds is 1. The number of fused-ring (bicyclic) bond motifs is 1. The molecule has 2 nitrogen and oxygen atoms in total.